The van der Waals surface area contributed by atoms with Gasteiger partial charge in [0.2, 0.25) is 0 Å². The smallest absolute Gasteiger partial charge is 0.271 e. The van der Waals surface area contributed by atoms with E-state index in [4.69, 9.17) is 4.74 Å². The highest BCUT2D eigenvalue weighted by atomic mass is 16.5. The van der Waals surface area contributed by atoms with Crippen LogP contribution in [-0.4, -0.2) is 39.3 Å². The maximum absolute atomic E-state index is 12.3. The molecule has 0 fully saturated rings. The van der Waals surface area contributed by atoms with Crippen molar-refractivity contribution in [3.05, 3.63) is 72.3 Å². The quantitative estimate of drug-likeness (QED) is 0.553. The van der Waals surface area contributed by atoms with Crippen molar-refractivity contribution >= 4 is 16.9 Å². The summed E-state index contributed by atoms with van der Waals surface area (Å²) in [5.74, 6) is 1.41. The molecule has 0 bridgehead atoms. The number of imidazole rings is 1. The highest BCUT2D eigenvalue weighted by Gasteiger charge is 2.10. The lowest BCUT2D eigenvalue weighted by Crippen LogP contribution is -2.26. The van der Waals surface area contributed by atoms with Crippen molar-refractivity contribution in [2.75, 3.05) is 13.7 Å². The molecule has 0 aliphatic heterocycles. The van der Waals surface area contributed by atoms with Crippen LogP contribution >= 0.6 is 0 Å². The Morgan fingerprint density at radius 2 is 1.96 bits per heavy atom. The molecule has 2 aromatic heterocycles. The van der Waals surface area contributed by atoms with Crippen LogP contribution in [0.25, 0.3) is 16.7 Å². The molecule has 0 unspecified atom stereocenters. The zero-order chi connectivity index (χ0) is 18.6. The normalized spacial score (nSPS) is 10.9. The molecule has 136 valence electrons. The lowest BCUT2D eigenvalue weighted by molar-refractivity contribution is 0.0948. The van der Waals surface area contributed by atoms with E-state index in [0.29, 0.717) is 18.7 Å². The van der Waals surface area contributed by atoms with Crippen molar-refractivity contribution < 1.29 is 9.53 Å². The average Bonchev–Trinajstić information content (AvgIpc) is 3.35. The first-order valence-corrected chi connectivity index (χ1v) is 8.65. The van der Waals surface area contributed by atoms with Crippen LogP contribution in [0.15, 0.2) is 60.8 Å². The maximum atomic E-state index is 12.3. The number of hydrogen-bond donors (Lipinski definition) is 2. The molecule has 7 nitrogen and oxygen atoms in total. The van der Waals surface area contributed by atoms with Gasteiger partial charge in [-0.25, -0.2) is 9.67 Å². The van der Waals surface area contributed by atoms with Crippen molar-refractivity contribution in [1.82, 2.24) is 25.1 Å². The Labute approximate surface area is 156 Å². The minimum absolute atomic E-state index is 0.210. The fraction of sp³-hybridized carbons (Fsp3) is 0.150. The summed E-state index contributed by atoms with van der Waals surface area (Å²) in [7, 11) is 1.62. The number of benzene rings is 2. The first kappa shape index (κ1) is 16.8. The summed E-state index contributed by atoms with van der Waals surface area (Å²) in [5.41, 5.74) is 3.15. The summed E-state index contributed by atoms with van der Waals surface area (Å²) in [6.07, 6.45) is 2.38. The van der Waals surface area contributed by atoms with Gasteiger partial charge in [0.15, 0.2) is 5.69 Å². The fourth-order valence-corrected chi connectivity index (χ4v) is 2.83. The second kappa shape index (κ2) is 7.33. The summed E-state index contributed by atoms with van der Waals surface area (Å²) in [5, 5.41) is 7.22. The Bertz CT molecular complexity index is 1030. The van der Waals surface area contributed by atoms with Gasteiger partial charge in [-0.3, -0.25) is 4.79 Å². The lowest BCUT2D eigenvalue weighted by Gasteiger charge is -2.04. The molecule has 0 atom stereocenters. The number of nitrogens with zero attached hydrogens (tertiary/aromatic N) is 3. The molecule has 0 radical (unpaired) electrons. The lowest BCUT2D eigenvalue weighted by atomic mass is 10.3. The standard InChI is InChI=1S/C20H19N5O2/c1-27-15-8-6-14(7-9-15)25-13-11-18(24-25)20(26)21-12-10-19-22-16-4-2-3-5-17(16)23-19/h2-9,11,13H,10,12H2,1H3,(H,21,26)(H,22,23). The molecule has 0 saturated carbocycles. The molecule has 0 spiro atoms. The van der Waals surface area contributed by atoms with Gasteiger partial charge in [0.05, 0.1) is 23.8 Å². The molecule has 2 aromatic carbocycles. The summed E-state index contributed by atoms with van der Waals surface area (Å²) < 4.78 is 6.81. The number of aromatic amines is 1. The second-order valence-corrected chi connectivity index (χ2v) is 6.05. The summed E-state index contributed by atoms with van der Waals surface area (Å²) >= 11 is 0. The van der Waals surface area contributed by atoms with E-state index in [1.165, 1.54) is 0 Å². The van der Waals surface area contributed by atoms with Crippen LogP contribution in [0.4, 0.5) is 0 Å². The van der Waals surface area contributed by atoms with Crippen LogP contribution in [0, 0.1) is 0 Å². The summed E-state index contributed by atoms with van der Waals surface area (Å²) in [6, 6.07) is 17.0. The van der Waals surface area contributed by atoms with Crippen LogP contribution in [0.1, 0.15) is 16.3 Å². The van der Waals surface area contributed by atoms with E-state index in [1.54, 1.807) is 24.1 Å². The Kier molecular flexibility index (Phi) is 4.57. The van der Waals surface area contributed by atoms with Gasteiger partial charge in [-0.1, -0.05) is 12.1 Å². The van der Waals surface area contributed by atoms with E-state index in [9.17, 15) is 4.79 Å². The predicted octanol–water partition coefficient (Wildman–Crippen LogP) is 2.73. The third-order valence-electron chi connectivity index (χ3n) is 4.24. The van der Waals surface area contributed by atoms with Crippen molar-refractivity contribution in [1.29, 1.82) is 0 Å². The van der Waals surface area contributed by atoms with Gasteiger partial charge >= 0.3 is 0 Å². The molecule has 2 heterocycles. The number of aromatic nitrogens is 4. The topological polar surface area (TPSA) is 84.8 Å². The fourth-order valence-electron chi connectivity index (χ4n) is 2.83. The zero-order valence-electron chi connectivity index (χ0n) is 14.8. The molecule has 1 amide bonds. The van der Waals surface area contributed by atoms with Crippen LogP contribution in [0.5, 0.6) is 5.75 Å². The monoisotopic (exact) mass is 361 g/mol. The first-order chi connectivity index (χ1) is 13.2. The molecule has 7 heteroatoms. The van der Waals surface area contributed by atoms with Gasteiger partial charge in [0.1, 0.15) is 11.6 Å². The van der Waals surface area contributed by atoms with Crippen LogP contribution < -0.4 is 10.1 Å². The number of rotatable bonds is 6. The van der Waals surface area contributed by atoms with Crippen LogP contribution in [0.3, 0.4) is 0 Å². The first-order valence-electron chi connectivity index (χ1n) is 8.65. The molecule has 0 saturated heterocycles. The maximum Gasteiger partial charge on any atom is 0.271 e. The van der Waals surface area contributed by atoms with Crippen molar-refractivity contribution in [2.24, 2.45) is 0 Å². The Morgan fingerprint density at radius 1 is 1.15 bits per heavy atom. The van der Waals surface area contributed by atoms with E-state index in [0.717, 1.165) is 28.3 Å². The molecule has 2 N–H and O–H groups in total. The molecule has 4 rings (SSSR count). The minimum Gasteiger partial charge on any atom is -0.497 e. The van der Waals surface area contributed by atoms with Crippen LogP contribution in [-0.2, 0) is 6.42 Å². The third-order valence-corrected chi connectivity index (χ3v) is 4.24. The number of H-pyrrole nitrogens is 1. The van der Waals surface area contributed by atoms with E-state index in [-0.39, 0.29) is 5.91 Å². The molecule has 0 aliphatic rings. The van der Waals surface area contributed by atoms with Gasteiger partial charge in [0.25, 0.3) is 5.91 Å². The molecule has 4 aromatic rings. The van der Waals surface area contributed by atoms with Gasteiger partial charge in [-0.15, -0.1) is 0 Å². The average molecular weight is 361 g/mol. The number of amides is 1. The van der Waals surface area contributed by atoms with E-state index < -0.39 is 0 Å². The Morgan fingerprint density at radius 3 is 2.74 bits per heavy atom. The number of methoxy groups -OCH3 is 1. The number of hydrogen-bond acceptors (Lipinski definition) is 4. The number of carbonyl (C=O) groups is 1. The Hall–Kier alpha value is -3.61. The Balaban J connectivity index is 1.36. The van der Waals surface area contributed by atoms with Gasteiger partial charge in [-0.2, -0.15) is 5.10 Å². The second-order valence-electron chi connectivity index (χ2n) is 6.05. The SMILES string of the molecule is COc1ccc(-n2ccc(C(=O)NCCc3nc4ccccc4[nH]3)n2)cc1. The zero-order valence-corrected chi connectivity index (χ0v) is 14.8. The number of nitrogens with one attached hydrogen (secondary N) is 2. The molecular formula is C20H19N5O2. The van der Waals surface area contributed by atoms with Gasteiger partial charge in [-0.05, 0) is 42.5 Å². The summed E-state index contributed by atoms with van der Waals surface area (Å²) in [6.45, 7) is 0.480. The van der Waals surface area contributed by atoms with Gasteiger partial charge in [0, 0.05) is 19.2 Å². The number of para-hydroxylation sites is 2. The predicted molar refractivity (Wildman–Crippen MR) is 102 cm³/mol. The largest absolute Gasteiger partial charge is 0.497 e. The molecular weight excluding hydrogens is 342 g/mol. The third kappa shape index (κ3) is 3.67. The van der Waals surface area contributed by atoms with Crippen molar-refractivity contribution in [3.63, 3.8) is 0 Å². The molecule has 0 aliphatic carbocycles. The summed E-state index contributed by atoms with van der Waals surface area (Å²) in [4.78, 5) is 20.1. The number of fused-ring (bicyclic) bond motifs is 1. The van der Waals surface area contributed by atoms with E-state index >= 15 is 0 Å². The number of carbonyl (C=O) groups excluding carboxylic acids is 1. The highest BCUT2D eigenvalue weighted by molar-refractivity contribution is 5.92. The van der Waals surface area contributed by atoms with Gasteiger partial charge < -0.3 is 15.0 Å². The van der Waals surface area contributed by atoms with Crippen molar-refractivity contribution in [3.8, 4) is 11.4 Å². The minimum atomic E-state index is -0.210. The van der Waals surface area contributed by atoms with E-state index in [1.807, 2.05) is 48.5 Å². The van der Waals surface area contributed by atoms with E-state index in [2.05, 4.69) is 20.4 Å². The number of ether oxygens (including phenoxy) is 1. The molecule has 27 heavy (non-hydrogen) atoms. The van der Waals surface area contributed by atoms with Crippen molar-refractivity contribution in [2.45, 2.75) is 6.42 Å². The van der Waals surface area contributed by atoms with Crippen LogP contribution in [0.2, 0.25) is 0 Å². The highest BCUT2D eigenvalue weighted by Crippen LogP contribution is 2.14.